The standard InChI is InChI=1S/C10H15F5N2O2S/c11-9(12,10(13,14)15)8(16)5-20(18,19)17-6-1-2-7(17)4-3-6/h6-8H,1-5,16H2. The van der Waals surface area contributed by atoms with Gasteiger partial charge in [-0.15, -0.1) is 0 Å². The van der Waals surface area contributed by atoms with Gasteiger partial charge < -0.3 is 5.73 Å². The summed E-state index contributed by atoms with van der Waals surface area (Å²) in [7, 11) is -4.21. The first-order valence-electron chi connectivity index (χ1n) is 6.18. The highest BCUT2D eigenvalue weighted by Crippen LogP contribution is 2.41. The maximum Gasteiger partial charge on any atom is 0.454 e. The van der Waals surface area contributed by atoms with Crippen LogP contribution in [0.3, 0.4) is 0 Å². The number of nitrogens with zero attached hydrogens (tertiary/aromatic N) is 1. The molecule has 0 spiro atoms. The third kappa shape index (κ3) is 2.52. The number of hydrogen-bond acceptors (Lipinski definition) is 3. The molecular formula is C10H15F5N2O2S. The Hall–Kier alpha value is -0.480. The van der Waals surface area contributed by atoms with E-state index in [0.29, 0.717) is 25.7 Å². The van der Waals surface area contributed by atoms with Crippen molar-refractivity contribution in [1.82, 2.24) is 4.31 Å². The molecule has 0 radical (unpaired) electrons. The molecule has 2 bridgehead atoms. The summed E-state index contributed by atoms with van der Waals surface area (Å²) in [5, 5.41) is 0. The van der Waals surface area contributed by atoms with E-state index >= 15 is 0 Å². The highest BCUT2D eigenvalue weighted by atomic mass is 32.2. The molecule has 20 heavy (non-hydrogen) atoms. The van der Waals surface area contributed by atoms with Crippen LogP contribution in [0.4, 0.5) is 22.0 Å². The van der Waals surface area contributed by atoms with Gasteiger partial charge in [0.25, 0.3) is 0 Å². The zero-order chi connectivity index (χ0) is 15.3. The van der Waals surface area contributed by atoms with Gasteiger partial charge in [-0.25, -0.2) is 8.42 Å². The molecule has 4 nitrogen and oxygen atoms in total. The van der Waals surface area contributed by atoms with E-state index in [1.165, 1.54) is 0 Å². The first kappa shape index (κ1) is 15.9. The van der Waals surface area contributed by atoms with E-state index in [2.05, 4.69) is 0 Å². The molecule has 2 heterocycles. The second-order valence-electron chi connectivity index (χ2n) is 5.30. The van der Waals surface area contributed by atoms with Gasteiger partial charge in [-0.05, 0) is 25.7 Å². The van der Waals surface area contributed by atoms with Crippen LogP contribution in [0.15, 0.2) is 0 Å². The molecule has 2 fully saturated rings. The lowest BCUT2D eigenvalue weighted by atomic mass is 10.0. The van der Waals surface area contributed by atoms with Crippen molar-refractivity contribution in [3.8, 4) is 0 Å². The molecule has 0 aromatic carbocycles. The molecule has 2 rings (SSSR count). The van der Waals surface area contributed by atoms with Crippen LogP contribution in [-0.4, -0.2) is 48.7 Å². The van der Waals surface area contributed by atoms with Crippen molar-refractivity contribution in [3.05, 3.63) is 0 Å². The Labute approximate surface area is 113 Å². The van der Waals surface area contributed by atoms with Crippen LogP contribution >= 0.6 is 0 Å². The number of nitrogens with two attached hydrogens (primary N) is 1. The second kappa shape index (κ2) is 4.77. The van der Waals surface area contributed by atoms with Crippen molar-refractivity contribution in [2.24, 2.45) is 5.73 Å². The Kier molecular flexibility index (Phi) is 3.79. The molecule has 2 aliphatic rings. The quantitative estimate of drug-likeness (QED) is 0.797. The molecule has 0 aromatic rings. The summed E-state index contributed by atoms with van der Waals surface area (Å²) in [5.74, 6) is -6.62. The minimum atomic E-state index is -5.86. The first-order valence-corrected chi connectivity index (χ1v) is 7.79. The van der Waals surface area contributed by atoms with E-state index in [9.17, 15) is 30.4 Å². The van der Waals surface area contributed by atoms with Crippen molar-refractivity contribution >= 4 is 10.0 Å². The minimum absolute atomic E-state index is 0.281. The van der Waals surface area contributed by atoms with E-state index < -0.39 is 33.9 Å². The Bertz CT molecular complexity index is 459. The van der Waals surface area contributed by atoms with Crippen LogP contribution in [0.2, 0.25) is 0 Å². The largest absolute Gasteiger partial charge is 0.454 e. The number of fused-ring (bicyclic) bond motifs is 2. The molecule has 118 valence electrons. The molecule has 0 aromatic heterocycles. The van der Waals surface area contributed by atoms with E-state index in [0.717, 1.165) is 4.31 Å². The summed E-state index contributed by atoms with van der Waals surface area (Å²) in [4.78, 5) is 0. The van der Waals surface area contributed by atoms with E-state index in [1.54, 1.807) is 0 Å². The first-order chi connectivity index (χ1) is 8.97. The highest BCUT2D eigenvalue weighted by molar-refractivity contribution is 7.89. The molecule has 2 N–H and O–H groups in total. The molecule has 0 saturated carbocycles. The Morgan fingerprint density at radius 2 is 1.45 bits per heavy atom. The van der Waals surface area contributed by atoms with Gasteiger partial charge >= 0.3 is 12.1 Å². The van der Waals surface area contributed by atoms with Crippen LogP contribution < -0.4 is 5.73 Å². The van der Waals surface area contributed by atoms with Gasteiger partial charge in [-0.3, -0.25) is 0 Å². The number of halogens is 5. The number of rotatable bonds is 4. The van der Waals surface area contributed by atoms with Crippen LogP contribution in [0.1, 0.15) is 25.7 Å². The lowest BCUT2D eigenvalue weighted by Gasteiger charge is -2.28. The zero-order valence-corrected chi connectivity index (χ0v) is 11.2. The summed E-state index contributed by atoms with van der Waals surface area (Å²) in [6.45, 7) is 0. The van der Waals surface area contributed by atoms with E-state index in [1.807, 2.05) is 0 Å². The van der Waals surface area contributed by atoms with Crippen molar-refractivity contribution in [3.63, 3.8) is 0 Å². The smallest absolute Gasteiger partial charge is 0.321 e. The predicted molar refractivity (Wildman–Crippen MR) is 60.6 cm³/mol. The average Bonchev–Trinajstić information content (AvgIpc) is 2.86. The van der Waals surface area contributed by atoms with Crippen LogP contribution in [0, 0.1) is 0 Å². The SMILES string of the molecule is NC(CS(=O)(=O)N1C2CCC1CC2)C(F)(F)C(F)(F)F. The van der Waals surface area contributed by atoms with Gasteiger partial charge in [0.2, 0.25) is 10.0 Å². The summed E-state index contributed by atoms with van der Waals surface area (Å²) in [5.41, 5.74) is 4.83. The average molecular weight is 322 g/mol. The van der Waals surface area contributed by atoms with Crippen molar-refractivity contribution in [2.75, 3.05) is 5.75 Å². The summed E-state index contributed by atoms with van der Waals surface area (Å²) in [6, 6.07) is -3.36. The Balaban J connectivity index is 2.13. The third-order valence-corrected chi connectivity index (χ3v) is 5.96. The summed E-state index contributed by atoms with van der Waals surface area (Å²) < 4.78 is 87.7. The van der Waals surface area contributed by atoms with E-state index in [-0.39, 0.29) is 12.1 Å². The van der Waals surface area contributed by atoms with Crippen molar-refractivity contribution < 1.29 is 30.4 Å². The van der Waals surface area contributed by atoms with Crippen LogP contribution in [-0.2, 0) is 10.0 Å². The maximum atomic E-state index is 13.0. The minimum Gasteiger partial charge on any atom is -0.321 e. The van der Waals surface area contributed by atoms with Crippen LogP contribution in [0.25, 0.3) is 0 Å². The number of sulfonamides is 1. The Morgan fingerprint density at radius 1 is 1.05 bits per heavy atom. The van der Waals surface area contributed by atoms with Crippen LogP contribution in [0.5, 0.6) is 0 Å². The fourth-order valence-corrected chi connectivity index (χ4v) is 5.11. The monoisotopic (exact) mass is 322 g/mol. The third-order valence-electron chi connectivity index (χ3n) is 3.94. The molecule has 10 heteroatoms. The van der Waals surface area contributed by atoms with E-state index in [4.69, 9.17) is 5.73 Å². The second-order valence-corrected chi connectivity index (χ2v) is 7.22. The van der Waals surface area contributed by atoms with Gasteiger partial charge in [0.1, 0.15) is 0 Å². The topological polar surface area (TPSA) is 63.4 Å². The number of hydrogen-bond donors (Lipinski definition) is 1. The van der Waals surface area contributed by atoms with Crippen molar-refractivity contribution in [1.29, 1.82) is 0 Å². The van der Waals surface area contributed by atoms with Gasteiger partial charge in [0.05, 0.1) is 11.8 Å². The fraction of sp³-hybridized carbons (Fsp3) is 1.00. The highest BCUT2D eigenvalue weighted by Gasteiger charge is 2.62. The fourth-order valence-electron chi connectivity index (χ4n) is 2.95. The zero-order valence-electron chi connectivity index (χ0n) is 10.4. The number of alkyl halides is 5. The molecule has 0 amide bonds. The Morgan fingerprint density at radius 3 is 1.80 bits per heavy atom. The van der Waals surface area contributed by atoms with Gasteiger partial charge in [-0.1, -0.05) is 0 Å². The molecular weight excluding hydrogens is 307 g/mol. The lowest BCUT2D eigenvalue weighted by molar-refractivity contribution is -0.287. The summed E-state index contributed by atoms with van der Waals surface area (Å²) >= 11 is 0. The van der Waals surface area contributed by atoms with Gasteiger partial charge in [-0.2, -0.15) is 26.3 Å². The lowest BCUT2D eigenvalue weighted by Crippen LogP contribution is -2.56. The molecule has 1 atom stereocenters. The molecule has 0 aliphatic carbocycles. The summed E-state index contributed by atoms with van der Waals surface area (Å²) in [6.07, 6.45) is -3.38. The maximum absolute atomic E-state index is 13.0. The van der Waals surface area contributed by atoms with Crippen molar-refractivity contribution in [2.45, 2.75) is 55.9 Å². The van der Waals surface area contributed by atoms with Gasteiger partial charge in [0.15, 0.2) is 0 Å². The molecule has 2 saturated heterocycles. The molecule has 2 aliphatic heterocycles. The predicted octanol–water partition coefficient (Wildman–Crippen LogP) is 1.47. The van der Waals surface area contributed by atoms with Gasteiger partial charge in [0, 0.05) is 12.1 Å². The normalized spacial score (nSPS) is 29.9. The molecule has 1 unspecified atom stereocenters.